The van der Waals surface area contributed by atoms with Gasteiger partial charge in [-0.05, 0) is 18.2 Å². The van der Waals surface area contributed by atoms with Crippen molar-refractivity contribution < 1.29 is 13.5 Å². The van der Waals surface area contributed by atoms with E-state index in [2.05, 4.69) is 40.7 Å². The summed E-state index contributed by atoms with van der Waals surface area (Å²) in [4.78, 5) is 12.6. The maximum absolute atomic E-state index is 12.6. The van der Waals surface area contributed by atoms with Crippen LogP contribution in [-0.2, 0) is 13.6 Å². The van der Waals surface area contributed by atoms with Crippen molar-refractivity contribution >= 4 is 58.4 Å². The van der Waals surface area contributed by atoms with Crippen LogP contribution in [0.5, 0.6) is 5.75 Å². The third-order valence-corrected chi connectivity index (χ3v) is 4.38. The zero-order valence-corrected chi connectivity index (χ0v) is 19.9. The minimum Gasteiger partial charge on any atom is -0.434 e. The van der Waals surface area contributed by atoms with E-state index in [-0.39, 0.29) is 36.3 Å². The molecule has 2 heterocycles. The van der Waals surface area contributed by atoms with Crippen molar-refractivity contribution in [1.82, 2.24) is 30.4 Å². The van der Waals surface area contributed by atoms with E-state index in [9.17, 15) is 8.78 Å². The van der Waals surface area contributed by atoms with Gasteiger partial charge in [-0.2, -0.15) is 13.9 Å². The molecule has 0 spiro atoms. The highest BCUT2D eigenvalue weighted by Crippen LogP contribution is 2.24. The van der Waals surface area contributed by atoms with E-state index in [1.165, 1.54) is 18.5 Å². The second kappa shape index (κ2) is 11.8. The van der Waals surface area contributed by atoms with Gasteiger partial charge in [0.15, 0.2) is 11.6 Å². The molecule has 3 aromatic rings. The maximum atomic E-state index is 12.6. The summed E-state index contributed by atoms with van der Waals surface area (Å²) in [5.41, 5.74) is 1.23. The van der Waals surface area contributed by atoms with E-state index in [0.29, 0.717) is 35.5 Å². The molecule has 0 amide bonds. The van der Waals surface area contributed by atoms with Gasteiger partial charge in [-0.1, -0.05) is 11.6 Å². The molecule has 0 fully saturated rings. The Morgan fingerprint density at radius 1 is 1.26 bits per heavy atom. The molecule has 3 N–H and O–H groups in total. The predicted octanol–water partition coefficient (Wildman–Crippen LogP) is 3.01. The number of benzene rings is 1. The molecule has 13 heteroatoms. The first kappa shape index (κ1) is 24.8. The van der Waals surface area contributed by atoms with Crippen molar-refractivity contribution in [1.29, 1.82) is 0 Å². The summed E-state index contributed by atoms with van der Waals surface area (Å²) >= 11 is 5.96. The number of fused-ring (bicyclic) bond motifs is 1. The fourth-order valence-electron chi connectivity index (χ4n) is 2.76. The number of guanidine groups is 1. The van der Waals surface area contributed by atoms with Crippen LogP contribution in [0.25, 0.3) is 11.0 Å². The number of hydrogen-bond acceptors (Lipinski definition) is 6. The number of alkyl halides is 2. The van der Waals surface area contributed by atoms with Crippen LogP contribution in [0.1, 0.15) is 5.56 Å². The number of anilines is 1. The molecular formula is C18H22ClF2IN8O. The summed E-state index contributed by atoms with van der Waals surface area (Å²) in [5, 5.41) is 14.8. The quantitative estimate of drug-likeness (QED) is 0.167. The molecule has 1 aromatic carbocycles. The van der Waals surface area contributed by atoms with E-state index in [4.69, 9.17) is 11.6 Å². The van der Waals surface area contributed by atoms with Gasteiger partial charge >= 0.3 is 6.61 Å². The van der Waals surface area contributed by atoms with E-state index in [1.54, 1.807) is 24.0 Å². The number of nitrogens with zero attached hydrogens (tertiary/aromatic N) is 5. The van der Waals surface area contributed by atoms with Crippen LogP contribution >= 0.6 is 35.6 Å². The summed E-state index contributed by atoms with van der Waals surface area (Å²) in [6.45, 7) is -1.63. The molecule has 0 saturated carbocycles. The molecular weight excluding hydrogens is 545 g/mol. The number of aryl methyl sites for hydroxylation is 1. The number of aromatic nitrogens is 4. The highest BCUT2D eigenvalue weighted by Gasteiger charge is 2.11. The number of nitrogens with one attached hydrogen (secondary N) is 3. The van der Waals surface area contributed by atoms with Crippen LogP contribution in [-0.4, -0.2) is 52.5 Å². The van der Waals surface area contributed by atoms with Gasteiger partial charge in [0.25, 0.3) is 0 Å². The van der Waals surface area contributed by atoms with Crippen molar-refractivity contribution in [2.45, 2.75) is 13.2 Å². The first-order chi connectivity index (χ1) is 14.5. The summed E-state index contributed by atoms with van der Waals surface area (Å²) in [5.74, 6) is 1.24. The monoisotopic (exact) mass is 566 g/mol. The number of rotatable bonds is 8. The Hall–Kier alpha value is -2.48. The molecule has 0 aliphatic carbocycles. The first-order valence-corrected chi connectivity index (χ1v) is 9.40. The molecule has 0 unspecified atom stereocenters. The molecule has 2 aromatic heterocycles. The number of halogens is 4. The topological polar surface area (TPSA) is 101 Å². The third-order valence-electron chi connectivity index (χ3n) is 4.15. The molecule has 3 rings (SSSR count). The molecule has 0 bridgehead atoms. The third kappa shape index (κ3) is 6.75. The Kier molecular flexibility index (Phi) is 9.43. The Morgan fingerprint density at radius 2 is 2.06 bits per heavy atom. The Bertz CT molecular complexity index is 1030. The van der Waals surface area contributed by atoms with Gasteiger partial charge in [0.05, 0.1) is 11.6 Å². The highest BCUT2D eigenvalue weighted by molar-refractivity contribution is 14.0. The van der Waals surface area contributed by atoms with Crippen LogP contribution in [0.3, 0.4) is 0 Å². The normalized spacial score (nSPS) is 11.4. The minimum atomic E-state index is -2.92. The lowest BCUT2D eigenvalue weighted by Crippen LogP contribution is -2.39. The van der Waals surface area contributed by atoms with E-state index in [0.717, 1.165) is 11.0 Å². The Labute approximate surface area is 199 Å². The van der Waals surface area contributed by atoms with Crippen molar-refractivity contribution in [2.75, 3.05) is 25.5 Å². The van der Waals surface area contributed by atoms with Gasteiger partial charge < -0.3 is 20.7 Å². The summed E-state index contributed by atoms with van der Waals surface area (Å²) in [6, 6.07) is 4.47. The summed E-state index contributed by atoms with van der Waals surface area (Å²) in [6.07, 6.45) is 3.18. The van der Waals surface area contributed by atoms with Gasteiger partial charge in [0.2, 0.25) is 0 Å². The second-order valence-electron chi connectivity index (χ2n) is 6.14. The maximum Gasteiger partial charge on any atom is 0.387 e. The van der Waals surface area contributed by atoms with Gasteiger partial charge in [0.1, 0.15) is 17.9 Å². The summed E-state index contributed by atoms with van der Waals surface area (Å²) < 4.78 is 31.4. The number of ether oxygens (including phenoxy) is 1. The number of aliphatic imine (C=N–C) groups is 1. The molecule has 0 saturated heterocycles. The number of hydrogen-bond donors (Lipinski definition) is 3. The molecule has 168 valence electrons. The Morgan fingerprint density at radius 3 is 2.81 bits per heavy atom. The highest BCUT2D eigenvalue weighted by atomic mass is 127. The smallest absolute Gasteiger partial charge is 0.387 e. The zero-order chi connectivity index (χ0) is 21.5. The van der Waals surface area contributed by atoms with E-state index in [1.807, 2.05) is 7.05 Å². The molecule has 31 heavy (non-hydrogen) atoms. The molecule has 9 nitrogen and oxygen atoms in total. The zero-order valence-electron chi connectivity index (χ0n) is 16.8. The van der Waals surface area contributed by atoms with Crippen LogP contribution in [0.4, 0.5) is 14.6 Å². The van der Waals surface area contributed by atoms with Gasteiger partial charge in [0, 0.05) is 44.3 Å². The van der Waals surface area contributed by atoms with E-state index >= 15 is 0 Å². The predicted molar refractivity (Wildman–Crippen MR) is 126 cm³/mol. The standard InChI is InChI=1S/C18H21ClF2N8O.HI/c1-22-18(25-8-11-7-12(19)3-4-14(11)30-17(20)21)24-6-5-23-15-13-9-28-29(2)16(13)27-10-26-15;/h3-4,7,9-10,17H,5-6,8H2,1-2H3,(H2,22,24,25)(H,23,26,27);1H. The van der Waals surface area contributed by atoms with Gasteiger partial charge in [-0.15, -0.1) is 24.0 Å². The average Bonchev–Trinajstić information content (AvgIpc) is 3.10. The fraction of sp³-hybridized carbons (Fsp3) is 0.333. The Balaban J connectivity index is 0.00000341. The van der Waals surface area contributed by atoms with Gasteiger partial charge in [-0.3, -0.25) is 9.67 Å². The van der Waals surface area contributed by atoms with Crippen molar-refractivity contribution in [3.8, 4) is 5.75 Å². The SMILES string of the molecule is CN=C(NCCNc1ncnc2c1cnn2C)NCc1cc(Cl)ccc1OC(F)F.I. The lowest BCUT2D eigenvalue weighted by molar-refractivity contribution is -0.0504. The molecule has 0 atom stereocenters. The molecule has 0 aliphatic rings. The molecule has 0 radical (unpaired) electrons. The molecule has 0 aliphatic heterocycles. The van der Waals surface area contributed by atoms with Crippen LogP contribution < -0.4 is 20.7 Å². The lowest BCUT2D eigenvalue weighted by atomic mass is 10.2. The van der Waals surface area contributed by atoms with Crippen molar-refractivity contribution in [3.63, 3.8) is 0 Å². The average molecular weight is 567 g/mol. The largest absolute Gasteiger partial charge is 0.434 e. The van der Waals surface area contributed by atoms with Gasteiger partial charge in [-0.25, -0.2) is 9.97 Å². The van der Waals surface area contributed by atoms with E-state index < -0.39 is 6.61 Å². The first-order valence-electron chi connectivity index (χ1n) is 9.02. The van der Waals surface area contributed by atoms with Crippen molar-refractivity contribution in [2.24, 2.45) is 12.0 Å². The minimum absolute atomic E-state index is 0. The van der Waals surface area contributed by atoms with Crippen LogP contribution in [0, 0.1) is 0 Å². The van der Waals surface area contributed by atoms with Crippen LogP contribution in [0.2, 0.25) is 5.02 Å². The second-order valence-corrected chi connectivity index (χ2v) is 6.57. The fourth-order valence-corrected chi connectivity index (χ4v) is 2.96. The van der Waals surface area contributed by atoms with Crippen LogP contribution in [0.15, 0.2) is 35.7 Å². The van der Waals surface area contributed by atoms with Crippen molar-refractivity contribution in [3.05, 3.63) is 41.3 Å². The summed E-state index contributed by atoms with van der Waals surface area (Å²) in [7, 11) is 3.43. The lowest BCUT2D eigenvalue weighted by Gasteiger charge is -2.15.